The molecule has 0 spiro atoms. The minimum Gasteiger partial charge on any atom is -0.493 e. The molecular weight excluding hydrogens is 352 g/mol. The maximum absolute atomic E-state index is 6.18. The Kier molecular flexibility index (Phi) is 4.53. The lowest BCUT2D eigenvalue weighted by atomic mass is 9.93. The van der Waals surface area contributed by atoms with E-state index in [2.05, 4.69) is 39.2 Å². The molecule has 1 aliphatic carbocycles. The molecule has 2 heterocycles. The van der Waals surface area contributed by atoms with Gasteiger partial charge in [0.1, 0.15) is 11.6 Å². The van der Waals surface area contributed by atoms with E-state index in [-0.39, 0.29) is 11.3 Å². The van der Waals surface area contributed by atoms with E-state index in [1.165, 1.54) is 24.0 Å². The number of rotatable bonds is 5. The highest BCUT2D eigenvalue weighted by molar-refractivity contribution is 6.28. The van der Waals surface area contributed by atoms with E-state index >= 15 is 0 Å². The van der Waals surface area contributed by atoms with Crippen molar-refractivity contribution >= 4 is 23.2 Å². The number of anilines is 2. The zero-order valence-corrected chi connectivity index (χ0v) is 16.0. The van der Waals surface area contributed by atoms with Crippen LogP contribution in [-0.4, -0.2) is 36.8 Å². The molecule has 2 aliphatic rings. The van der Waals surface area contributed by atoms with Crippen LogP contribution in [0.4, 0.5) is 11.6 Å². The summed E-state index contributed by atoms with van der Waals surface area (Å²) < 4.78 is 10.9. The van der Waals surface area contributed by atoms with Crippen LogP contribution in [-0.2, 0) is 6.42 Å². The van der Waals surface area contributed by atoms with E-state index < -0.39 is 0 Å². The SMILES string of the molecule is COc1cc2c(cc1OC)C(C)N(c1cc(NC3CC3)nc(Cl)n1)CC2. The molecule has 4 rings (SSSR count). The van der Waals surface area contributed by atoms with Crippen LogP contribution in [0.1, 0.15) is 36.9 Å². The number of benzene rings is 1. The zero-order chi connectivity index (χ0) is 18.3. The van der Waals surface area contributed by atoms with Crippen LogP contribution in [0, 0.1) is 0 Å². The summed E-state index contributed by atoms with van der Waals surface area (Å²) >= 11 is 6.18. The highest BCUT2D eigenvalue weighted by atomic mass is 35.5. The van der Waals surface area contributed by atoms with Gasteiger partial charge in [-0.15, -0.1) is 0 Å². The fraction of sp³-hybridized carbons (Fsp3) is 0.474. The van der Waals surface area contributed by atoms with Crippen molar-refractivity contribution in [3.05, 3.63) is 34.6 Å². The molecule has 26 heavy (non-hydrogen) atoms. The van der Waals surface area contributed by atoms with Gasteiger partial charge in [-0.05, 0) is 61.0 Å². The van der Waals surface area contributed by atoms with Gasteiger partial charge in [0.15, 0.2) is 11.5 Å². The maximum Gasteiger partial charge on any atom is 0.226 e. The molecule has 1 fully saturated rings. The van der Waals surface area contributed by atoms with Crippen molar-refractivity contribution in [1.82, 2.24) is 9.97 Å². The Bertz CT molecular complexity index is 825. The number of aromatic nitrogens is 2. The molecule has 0 bridgehead atoms. The monoisotopic (exact) mass is 374 g/mol. The largest absolute Gasteiger partial charge is 0.493 e. The standard InChI is InChI=1S/C19H23ClN4O2/c1-11-14-9-16(26-3)15(25-2)8-12(14)6-7-24(11)18-10-17(21-13-4-5-13)22-19(20)23-18/h8-11,13H,4-7H2,1-3H3,(H,21,22,23). The van der Waals surface area contributed by atoms with Crippen LogP contribution < -0.4 is 19.7 Å². The van der Waals surface area contributed by atoms with Gasteiger partial charge in [0.25, 0.3) is 0 Å². The topological polar surface area (TPSA) is 59.5 Å². The van der Waals surface area contributed by atoms with Crippen molar-refractivity contribution in [3.63, 3.8) is 0 Å². The first-order valence-electron chi connectivity index (χ1n) is 8.91. The van der Waals surface area contributed by atoms with Gasteiger partial charge in [-0.2, -0.15) is 0 Å². The highest BCUT2D eigenvalue weighted by Crippen LogP contribution is 2.39. The predicted molar refractivity (Wildman–Crippen MR) is 103 cm³/mol. The quantitative estimate of drug-likeness (QED) is 0.802. The van der Waals surface area contributed by atoms with Crippen molar-refractivity contribution in [2.45, 2.75) is 38.3 Å². The Hall–Kier alpha value is -2.21. The van der Waals surface area contributed by atoms with Crippen LogP contribution in [0.25, 0.3) is 0 Å². The summed E-state index contributed by atoms with van der Waals surface area (Å²) in [5.74, 6) is 3.17. The molecule has 0 radical (unpaired) electrons. The summed E-state index contributed by atoms with van der Waals surface area (Å²) in [6.45, 7) is 3.04. The fourth-order valence-corrected chi connectivity index (χ4v) is 3.70. The molecule has 1 N–H and O–H groups in total. The van der Waals surface area contributed by atoms with Gasteiger partial charge in [0.2, 0.25) is 5.28 Å². The van der Waals surface area contributed by atoms with Gasteiger partial charge < -0.3 is 19.7 Å². The smallest absolute Gasteiger partial charge is 0.226 e. The van der Waals surface area contributed by atoms with E-state index in [1.54, 1.807) is 14.2 Å². The lowest BCUT2D eigenvalue weighted by Gasteiger charge is -2.36. The van der Waals surface area contributed by atoms with Crippen molar-refractivity contribution < 1.29 is 9.47 Å². The summed E-state index contributed by atoms with van der Waals surface area (Å²) in [6.07, 6.45) is 3.28. The lowest BCUT2D eigenvalue weighted by Crippen LogP contribution is -2.34. The summed E-state index contributed by atoms with van der Waals surface area (Å²) in [7, 11) is 3.33. The van der Waals surface area contributed by atoms with Crippen LogP contribution >= 0.6 is 11.6 Å². The third-order valence-corrected chi connectivity index (χ3v) is 5.26. The van der Waals surface area contributed by atoms with Crippen molar-refractivity contribution in [2.75, 3.05) is 31.0 Å². The molecule has 6 nitrogen and oxygen atoms in total. The summed E-state index contributed by atoms with van der Waals surface area (Å²) in [5, 5.41) is 3.68. The van der Waals surface area contributed by atoms with E-state index in [4.69, 9.17) is 21.1 Å². The highest BCUT2D eigenvalue weighted by Gasteiger charge is 2.28. The van der Waals surface area contributed by atoms with E-state index in [0.717, 1.165) is 36.1 Å². The van der Waals surface area contributed by atoms with Gasteiger partial charge in [-0.3, -0.25) is 0 Å². The normalized spacial score (nSPS) is 19.1. The fourth-order valence-electron chi connectivity index (χ4n) is 3.52. The number of nitrogens with one attached hydrogen (secondary N) is 1. The average Bonchev–Trinajstić information content (AvgIpc) is 3.44. The van der Waals surface area contributed by atoms with Gasteiger partial charge in [-0.1, -0.05) is 0 Å². The van der Waals surface area contributed by atoms with E-state index in [0.29, 0.717) is 6.04 Å². The lowest BCUT2D eigenvalue weighted by molar-refractivity contribution is 0.353. The first kappa shape index (κ1) is 17.2. The zero-order valence-electron chi connectivity index (χ0n) is 15.3. The molecule has 2 aromatic rings. The van der Waals surface area contributed by atoms with Crippen molar-refractivity contribution in [3.8, 4) is 11.5 Å². The molecule has 138 valence electrons. The number of fused-ring (bicyclic) bond motifs is 1. The second-order valence-corrected chi connectivity index (χ2v) is 7.16. The predicted octanol–water partition coefficient (Wildman–Crippen LogP) is 3.85. The summed E-state index contributed by atoms with van der Waals surface area (Å²) in [6, 6.07) is 6.81. The molecule has 1 saturated carbocycles. The maximum atomic E-state index is 6.18. The number of hydrogen-bond donors (Lipinski definition) is 1. The van der Waals surface area contributed by atoms with E-state index in [1.807, 2.05) is 6.07 Å². The second kappa shape index (κ2) is 6.83. The third kappa shape index (κ3) is 3.26. The van der Waals surface area contributed by atoms with Crippen LogP contribution in [0.3, 0.4) is 0 Å². The minimum absolute atomic E-state index is 0.151. The van der Waals surface area contributed by atoms with Gasteiger partial charge in [0, 0.05) is 18.7 Å². The second-order valence-electron chi connectivity index (χ2n) is 6.82. The first-order chi connectivity index (χ1) is 12.6. The number of nitrogens with zero attached hydrogens (tertiary/aromatic N) is 3. The van der Waals surface area contributed by atoms with Crippen molar-refractivity contribution in [2.24, 2.45) is 0 Å². The first-order valence-corrected chi connectivity index (χ1v) is 9.29. The molecule has 1 unspecified atom stereocenters. The molecular formula is C19H23ClN4O2. The average molecular weight is 375 g/mol. The Morgan fingerprint density at radius 2 is 1.85 bits per heavy atom. The molecule has 1 atom stereocenters. The molecule has 0 saturated heterocycles. The van der Waals surface area contributed by atoms with Gasteiger partial charge in [0.05, 0.1) is 20.3 Å². The number of ether oxygens (including phenoxy) is 2. The summed E-state index contributed by atoms with van der Waals surface area (Å²) in [5.41, 5.74) is 2.50. The minimum atomic E-state index is 0.151. The van der Waals surface area contributed by atoms with Crippen LogP contribution in [0.15, 0.2) is 18.2 Å². The number of hydrogen-bond acceptors (Lipinski definition) is 6. The number of methoxy groups -OCH3 is 2. The Morgan fingerprint density at radius 1 is 1.12 bits per heavy atom. The Morgan fingerprint density at radius 3 is 2.54 bits per heavy atom. The molecule has 1 aromatic carbocycles. The van der Waals surface area contributed by atoms with E-state index in [9.17, 15) is 0 Å². The van der Waals surface area contributed by atoms with Crippen LogP contribution in [0.2, 0.25) is 5.28 Å². The Labute approximate surface area is 158 Å². The molecule has 1 aliphatic heterocycles. The Balaban J connectivity index is 1.66. The molecule has 1 aromatic heterocycles. The number of halogens is 1. The van der Waals surface area contributed by atoms with Gasteiger partial charge in [-0.25, -0.2) is 9.97 Å². The molecule has 7 heteroatoms. The summed E-state index contributed by atoms with van der Waals surface area (Å²) in [4.78, 5) is 11.0. The van der Waals surface area contributed by atoms with Crippen LogP contribution in [0.5, 0.6) is 11.5 Å². The van der Waals surface area contributed by atoms with Gasteiger partial charge >= 0.3 is 0 Å². The van der Waals surface area contributed by atoms with Crippen molar-refractivity contribution in [1.29, 1.82) is 0 Å². The third-order valence-electron chi connectivity index (χ3n) is 5.09. The molecule has 0 amide bonds.